The van der Waals surface area contributed by atoms with Crippen molar-refractivity contribution in [2.45, 2.75) is 33.1 Å². The monoisotopic (exact) mass is 283 g/mol. The molecule has 0 heterocycles. The van der Waals surface area contributed by atoms with Crippen molar-refractivity contribution >= 4 is 21.8 Å². The third-order valence-electron chi connectivity index (χ3n) is 2.43. The first-order chi connectivity index (χ1) is 7.65. The first kappa shape index (κ1) is 13.2. The number of unbranched alkanes of at least 4 members (excludes halogenated alkanes) is 2. The molecule has 0 aliphatic heterocycles. The lowest BCUT2D eigenvalue weighted by molar-refractivity contribution is 0.0952. The third kappa shape index (κ3) is 3.97. The van der Waals surface area contributed by atoms with Crippen LogP contribution in [0, 0.1) is 6.92 Å². The van der Waals surface area contributed by atoms with Crippen LogP contribution in [0.5, 0.6) is 0 Å². The number of amides is 1. The lowest BCUT2D eigenvalue weighted by Gasteiger charge is -2.07. The fourth-order valence-corrected chi connectivity index (χ4v) is 1.91. The number of benzene rings is 1. The molecule has 1 aromatic rings. The zero-order chi connectivity index (χ0) is 12.0. The van der Waals surface area contributed by atoms with Gasteiger partial charge in [-0.2, -0.15) is 0 Å². The van der Waals surface area contributed by atoms with Gasteiger partial charge in [-0.1, -0.05) is 31.4 Å². The Morgan fingerprint density at radius 3 is 2.81 bits per heavy atom. The number of rotatable bonds is 5. The largest absolute Gasteiger partial charge is 0.352 e. The minimum Gasteiger partial charge on any atom is -0.352 e. The van der Waals surface area contributed by atoms with E-state index >= 15 is 0 Å². The zero-order valence-corrected chi connectivity index (χ0v) is 11.4. The van der Waals surface area contributed by atoms with Crippen LogP contribution in [0.25, 0.3) is 0 Å². The van der Waals surface area contributed by atoms with Crippen molar-refractivity contribution in [3.63, 3.8) is 0 Å². The van der Waals surface area contributed by atoms with Gasteiger partial charge in [-0.15, -0.1) is 0 Å². The molecule has 16 heavy (non-hydrogen) atoms. The van der Waals surface area contributed by atoms with E-state index in [0.717, 1.165) is 35.0 Å². The maximum Gasteiger partial charge on any atom is 0.252 e. The maximum absolute atomic E-state index is 11.8. The maximum atomic E-state index is 11.8. The Labute approximate surface area is 106 Å². The van der Waals surface area contributed by atoms with Gasteiger partial charge in [-0.05, 0) is 41.4 Å². The smallest absolute Gasteiger partial charge is 0.252 e. The molecule has 0 bridgehead atoms. The standard InChI is InChI=1S/C13H18BrNO/c1-3-4-5-8-15-13(16)11-9-10(2)6-7-12(11)14/h6-7,9H,3-5,8H2,1-2H3,(H,15,16). The van der Waals surface area contributed by atoms with E-state index in [1.807, 2.05) is 25.1 Å². The van der Waals surface area contributed by atoms with Crippen LogP contribution in [0.4, 0.5) is 0 Å². The van der Waals surface area contributed by atoms with E-state index in [0.29, 0.717) is 0 Å². The Kier molecular flexibility index (Phi) is 5.53. The van der Waals surface area contributed by atoms with E-state index in [1.165, 1.54) is 6.42 Å². The molecule has 0 aliphatic carbocycles. The average Bonchev–Trinajstić information content (AvgIpc) is 2.27. The lowest BCUT2D eigenvalue weighted by Crippen LogP contribution is -2.24. The molecule has 0 saturated heterocycles. The predicted molar refractivity (Wildman–Crippen MR) is 70.7 cm³/mol. The first-order valence-electron chi connectivity index (χ1n) is 5.69. The first-order valence-corrected chi connectivity index (χ1v) is 6.48. The fraction of sp³-hybridized carbons (Fsp3) is 0.462. The summed E-state index contributed by atoms with van der Waals surface area (Å²) in [6.07, 6.45) is 3.38. The van der Waals surface area contributed by atoms with Gasteiger partial charge in [0, 0.05) is 11.0 Å². The molecule has 0 radical (unpaired) electrons. The third-order valence-corrected chi connectivity index (χ3v) is 3.12. The molecule has 1 N–H and O–H groups in total. The van der Waals surface area contributed by atoms with Crippen molar-refractivity contribution in [2.75, 3.05) is 6.54 Å². The summed E-state index contributed by atoms with van der Waals surface area (Å²) in [7, 11) is 0. The van der Waals surface area contributed by atoms with Crippen molar-refractivity contribution in [3.8, 4) is 0 Å². The zero-order valence-electron chi connectivity index (χ0n) is 9.85. The van der Waals surface area contributed by atoms with Crippen LogP contribution in [0.2, 0.25) is 0 Å². The molecular formula is C13H18BrNO. The molecule has 1 rings (SSSR count). The highest BCUT2D eigenvalue weighted by Crippen LogP contribution is 2.17. The predicted octanol–water partition coefficient (Wildman–Crippen LogP) is 3.68. The van der Waals surface area contributed by atoms with Crippen LogP contribution in [0.3, 0.4) is 0 Å². The topological polar surface area (TPSA) is 29.1 Å². The van der Waals surface area contributed by atoms with Gasteiger partial charge in [-0.3, -0.25) is 4.79 Å². The summed E-state index contributed by atoms with van der Waals surface area (Å²) in [6, 6.07) is 5.80. The van der Waals surface area contributed by atoms with E-state index in [2.05, 4.69) is 28.2 Å². The van der Waals surface area contributed by atoms with Gasteiger partial charge in [0.2, 0.25) is 0 Å². The second-order valence-electron chi connectivity index (χ2n) is 3.95. The second kappa shape index (κ2) is 6.69. The highest BCUT2D eigenvalue weighted by Gasteiger charge is 2.08. The molecule has 3 heteroatoms. The summed E-state index contributed by atoms with van der Waals surface area (Å²) < 4.78 is 0.853. The molecule has 0 spiro atoms. The minimum absolute atomic E-state index is 0.00618. The van der Waals surface area contributed by atoms with Crippen LogP contribution in [0.15, 0.2) is 22.7 Å². The molecule has 0 atom stereocenters. The van der Waals surface area contributed by atoms with Crippen LogP contribution in [-0.2, 0) is 0 Å². The lowest BCUT2D eigenvalue weighted by atomic mass is 10.1. The Morgan fingerprint density at radius 1 is 1.38 bits per heavy atom. The summed E-state index contributed by atoms with van der Waals surface area (Å²) in [5.74, 6) is 0.00618. The van der Waals surface area contributed by atoms with Gasteiger partial charge >= 0.3 is 0 Å². The Balaban J connectivity index is 2.55. The number of nitrogens with one attached hydrogen (secondary N) is 1. The SMILES string of the molecule is CCCCCNC(=O)c1cc(C)ccc1Br. The molecule has 88 valence electrons. The Morgan fingerprint density at radius 2 is 2.12 bits per heavy atom. The van der Waals surface area contributed by atoms with Gasteiger partial charge < -0.3 is 5.32 Å². The van der Waals surface area contributed by atoms with E-state index in [4.69, 9.17) is 0 Å². The number of carbonyl (C=O) groups excluding carboxylic acids is 1. The number of halogens is 1. The van der Waals surface area contributed by atoms with Gasteiger partial charge in [0.25, 0.3) is 5.91 Å². The van der Waals surface area contributed by atoms with Gasteiger partial charge in [-0.25, -0.2) is 0 Å². The molecule has 0 aromatic heterocycles. The minimum atomic E-state index is 0.00618. The summed E-state index contributed by atoms with van der Waals surface area (Å²) in [5, 5.41) is 2.93. The molecule has 2 nitrogen and oxygen atoms in total. The van der Waals surface area contributed by atoms with Crippen molar-refractivity contribution in [1.29, 1.82) is 0 Å². The van der Waals surface area contributed by atoms with Crippen LogP contribution in [-0.4, -0.2) is 12.5 Å². The average molecular weight is 284 g/mol. The molecule has 1 amide bonds. The summed E-state index contributed by atoms with van der Waals surface area (Å²) in [6.45, 7) is 4.90. The summed E-state index contributed by atoms with van der Waals surface area (Å²) >= 11 is 3.39. The van der Waals surface area contributed by atoms with Crippen molar-refractivity contribution in [2.24, 2.45) is 0 Å². The molecule has 0 saturated carbocycles. The van der Waals surface area contributed by atoms with E-state index in [1.54, 1.807) is 0 Å². The molecule has 0 unspecified atom stereocenters. The molecule has 0 fully saturated rings. The van der Waals surface area contributed by atoms with E-state index < -0.39 is 0 Å². The van der Waals surface area contributed by atoms with Gasteiger partial charge in [0.15, 0.2) is 0 Å². The molecular weight excluding hydrogens is 266 g/mol. The highest BCUT2D eigenvalue weighted by atomic mass is 79.9. The summed E-state index contributed by atoms with van der Waals surface area (Å²) in [5.41, 5.74) is 1.82. The van der Waals surface area contributed by atoms with Crippen molar-refractivity contribution in [3.05, 3.63) is 33.8 Å². The number of hydrogen-bond acceptors (Lipinski definition) is 1. The highest BCUT2D eigenvalue weighted by molar-refractivity contribution is 9.10. The van der Waals surface area contributed by atoms with Crippen LogP contribution < -0.4 is 5.32 Å². The molecule has 0 aliphatic rings. The fourth-order valence-electron chi connectivity index (χ4n) is 1.49. The second-order valence-corrected chi connectivity index (χ2v) is 4.80. The van der Waals surface area contributed by atoms with Crippen molar-refractivity contribution in [1.82, 2.24) is 5.32 Å². The number of hydrogen-bond donors (Lipinski definition) is 1. The molecule has 1 aromatic carbocycles. The van der Waals surface area contributed by atoms with Crippen LogP contribution >= 0.6 is 15.9 Å². The van der Waals surface area contributed by atoms with Gasteiger partial charge in [0.05, 0.1) is 5.56 Å². The van der Waals surface area contributed by atoms with Gasteiger partial charge in [0.1, 0.15) is 0 Å². The van der Waals surface area contributed by atoms with Crippen LogP contribution in [0.1, 0.15) is 42.1 Å². The quantitative estimate of drug-likeness (QED) is 0.821. The normalized spacial score (nSPS) is 10.2. The Hall–Kier alpha value is -0.830. The van der Waals surface area contributed by atoms with Crippen molar-refractivity contribution < 1.29 is 4.79 Å². The van der Waals surface area contributed by atoms with E-state index in [-0.39, 0.29) is 5.91 Å². The summed E-state index contributed by atoms with van der Waals surface area (Å²) in [4.78, 5) is 11.8. The number of carbonyl (C=O) groups is 1. The Bertz CT molecular complexity index is 363. The number of aryl methyl sites for hydroxylation is 1. The van der Waals surface area contributed by atoms with E-state index in [9.17, 15) is 4.79 Å².